The van der Waals surface area contributed by atoms with Gasteiger partial charge < -0.3 is 14.6 Å². The average molecular weight is 328 g/mol. The predicted octanol–water partition coefficient (Wildman–Crippen LogP) is 3.62. The number of nitrogens with one attached hydrogen (secondary N) is 1. The highest BCUT2D eigenvalue weighted by atomic mass is 16.3. The van der Waals surface area contributed by atoms with Crippen molar-refractivity contribution in [1.29, 1.82) is 0 Å². The number of piperidine rings is 1. The highest BCUT2D eigenvalue weighted by molar-refractivity contribution is 5.88. The molecule has 0 atom stereocenters. The van der Waals surface area contributed by atoms with Crippen molar-refractivity contribution >= 4 is 16.9 Å². The number of fused-ring (bicyclic) bond motifs is 1. The molecule has 1 aliphatic rings. The number of furan rings is 1. The Hall–Kier alpha value is -1.81. The summed E-state index contributed by atoms with van der Waals surface area (Å²) in [6.07, 6.45) is 4.23. The summed E-state index contributed by atoms with van der Waals surface area (Å²) >= 11 is 0. The summed E-state index contributed by atoms with van der Waals surface area (Å²) in [6.45, 7) is 8.50. The van der Waals surface area contributed by atoms with E-state index in [1.807, 2.05) is 11.9 Å². The summed E-state index contributed by atoms with van der Waals surface area (Å²) in [4.78, 5) is 14.6. The largest absolute Gasteiger partial charge is 0.464 e. The predicted molar refractivity (Wildman–Crippen MR) is 97.4 cm³/mol. The number of amides is 1. The first-order chi connectivity index (χ1) is 11.5. The second-order valence-corrected chi connectivity index (χ2v) is 7.28. The average Bonchev–Trinajstić information content (AvgIpc) is 2.95. The molecule has 130 valence electrons. The first kappa shape index (κ1) is 17.0. The second-order valence-electron chi connectivity index (χ2n) is 7.28. The van der Waals surface area contributed by atoms with Gasteiger partial charge in [0, 0.05) is 24.0 Å². The fraction of sp³-hybridized carbons (Fsp3) is 0.550. The number of benzene rings is 1. The van der Waals surface area contributed by atoms with Crippen molar-refractivity contribution in [1.82, 2.24) is 10.2 Å². The van der Waals surface area contributed by atoms with Crippen molar-refractivity contribution in [2.24, 2.45) is 0 Å². The van der Waals surface area contributed by atoms with Crippen molar-refractivity contribution < 1.29 is 9.21 Å². The third-order valence-corrected chi connectivity index (χ3v) is 5.26. The van der Waals surface area contributed by atoms with Gasteiger partial charge in [0.2, 0.25) is 5.91 Å². The van der Waals surface area contributed by atoms with Crippen LogP contribution in [0.4, 0.5) is 0 Å². The summed E-state index contributed by atoms with van der Waals surface area (Å²) in [5.74, 6) is 0.640. The van der Waals surface area contributed by atoms with Crippen LogP contribution >= 0.6 is 0 Å². The number of carbonyl (C=O) groups excluding carboxylic acids is 1. The van der Waals surface area contributed by atoms with Crippen LogP contribution in [0.25, 0.3) is 11.0 Å². The first-order valence-electron chi connectivity index (χ1n) is 8.94. The zero-order valence-corrected chi connectivity index (χ0v) is 15.2. The molecule has 0 unspecified atom stereocenters. The number of carbonyl (C=O) groups is 1. The molecule has 1 aromatic heterocycles. The highest BCUT2D eigenvalue weighted by Crippen LogP contribution is 2.29. The van der Waals surface area contributed by atoms with Crippen LogP contribution in [0, 0.1) is 6.92 Å². The van der Waals surface area contributed by atoms with E-state index in [9.17, 15) is 4.79 Å². The fourth-order valence-electron chi connectivity index (χ4n) is 3.69. The lowest BCUT2D eigenvalue weighted by Crippen LogP contribution is -2.44. The van der Waals surface area contributed by atoms with Crippen LogP contribution < -0.4 is 5.32 Å². The van der Waals surface area contributed by atoms with E-state index in [1.54, 1.807) is 6.26 Å². The van der Waals surface area contributed by atoms with Crippen molar-refractivity contribution in [3.05, 3.63) is 35.1 Å². The number of rotatable bonds is 4. The minimum atomic E-state index is 0.177. The molecule has 0 aliphatic carbocycles. The van der Waals surface area contributed by atoms with Gasteiger partial charge in [-0.1, -0.05) is 13.8 Å². The van der Waals surface area contributed by atoms with E-state index in [-0.39, 0.29) is 5.91 Å². The molecule has 1 amide bonds. The molecule has 4 heteroatoms. The summed E-state index contributed by atoms with van der Waals surface area (Å²) in [7, 11) is 1.93. The highest BCUT2D eigenvalue weighted by Gasteiger charge is 2.23. The van der Waals surface area contributed by atoms with Gasteiger partial charge in [-0.15, -0.1) is 0 Å². The standard InChI is InChI=1S/C20H28N2O2/c1-13(2)17-11-18-15(12-24-19(18)9-14(17)3)10-20(23)22(4)16-5-7-21-8-6-16/h9,11-13,16,21H,5-8,10H2,1-4H3. The maximum atomic E-state index is 12.7. The molecule has 1 aliphatic heterocycles. The maximum Gasteiger partial charge on any atom is 0.227 e. The Balaban J connectivity index is 1.81. The van der Waals surface area contributed by atoms with Gasteiger partial charge in [-0.3, -0.25) is 4.79 Å². The lowest BCUT2D eigenvalue weighted by molar-refractivity contribution is -0.131. The number of nitrogens with zero attached hydrogens (tertiary/aromatic N) is 1. The maximum absolute atomic E-state index is 12.7. The first-order valence-corrected chi connectivity index (χ1v) is 8.94. The number of likely N-dealkylation sites (N-methyl/N-ethyl adjacent to an activating group) is 1. The third-order valence-electron chi connectivity index (χ3n) is 5.26. The molecule has 1 aromatic carbocycles. The summed E-state index contributed by atoms with van der Waals surface area (Å²) in [6, 6.07) is 4.65. The molecule has 3 rings (SSSR count). The molecule has 2 heterocycles. The zero-order valence-electron chi connectivity index (χ0n) is 15.2. The molecular formula is C20H28N2O2. The van der Waals surface area contributed by atoms with E-state index in [4.69, 9.17) is 4.42 Å². The van der Waals surface area contributed by atoms with Crippen molar-refractivity contribution in [2.75, 3.05) is 20.1 Å². The van der Waals surface area contributed by atoms with Crippen LogP contribution in [-0.4, -0.2) is 37.0 Å². The molecule has 1 N–H and O–H groups in total. The molecule has 0 radical (unpaired) electrons. The lowest BCUT2D eigenvalue weighted by Gasteiger charge is -2.31. The van der Waals surface area contributed by atoms with Crippen LogP contribution in [0.1, 0.15) is 49.3 Å². The van der Waals surface area contributed by atoms with Gasteiger partial charge in [-0.25, -0.2) is 0 Å². The van der Waals surface area contributed by atoms with E-state index in [1.165, 1.54) is 11.1 Å². The Kier molecular flexibility index (Phi) is 4.95. The summed E-state index contributed by atoms with van der Waals surface area (Å²) < 4.78 is 5.71. The lowest BCUT2D eigenvalue weighted by atomic mass is 9.95. The Bertz CT molecular complexity index is 727. The Morgan fingerprint density at radius 3 is 2.71 bits per heavy atom. The zero-order chi connectivity index (χ0) is 17.3. The normalized spacial score (nSPS) is 16.0. The van der Waals surface area contributed by atoms with Crippen molar-refractivity contribution in [3.8, 4) is 0 Å². The molecule has 0 spiro atoms. The number of hydrogen-bond acceptors (Lipinski definition) is 3. The second kappa shape index (κ2) is 6.98. The molecule has 24 heavy (non-hydrogen) atoms. The molecule has 1 saturated heterocycles. The minimum Gasteiger partial charge on any atom is -0.464 e. The van der Waals surface area contributed by atoms with E-state index in [2.05, 4.69) is 38.2 Å². The molecular weight excluding hydrogens is 300 g/mol. The van der Waals surface area contributed by atoms with E-state index in [0.29, 0.717) is 18.4 Å². The van der Waals surface area contributed by atoms with Crippen molar-refractivity contribution in [3.63, 3.8) is 0 Å². The fourth-order valence-corrected chi connectivity index (χ4v) is 3.69. The van der Waals surface area contributed by atoms with Gasteiger partial charge in [-0.05, 0) is 62.0 Å². The van der Waals surface area contributed by atoms with Gasteiger partial charge in [0.1, 0.15) is 5.58 Å². The van der Waals surface area contributed by atoms with E-state index < -0.39 is 0 Å². The van der Waals surface area contributed by atoms with Gasteiger partial charge in [0.05, 0.1) is 12.7 Å². The summed E-state index contributed by atoms with van der Waals surface area (Å²) in [5, 5.41) is 4.43. The molecule has 2 aromatic rings. The number of aryl methyl sites for hydroxylation is 1. The van der Waals surface area contributed by atoms with Crippen LogP contribution in [-0.2, 0) is 11.2 Å². The van der Waals surface area contributed by atoms with Gasteiger partial charge in [0.15, 0.2) is 0 Å². The SMILES string of the molecule is Cc1cc2occ(CC(=O)N(C)C3CCNCC3)c2cc1C(C)C. The summed E-state index contributed by atoms with van der Waals surface area (Å²) in [5.41, 5.74) is 4.45. The van der Waals surface area contributed by atoms with Gasteiger partial charge >= 0.3 is 0 Å². The quantitative estimate of drug-likeness (QED) is 0.932. The molecule has 1 fully saturated rings. The topological polar surface area (TPSA) is 45.5 Å². The van der Waals surface area contributed by atoms with E-state index >= 15 is 0 Å². The van der Waals surface area contributed by atoms with Crippen LogP contribution in [0.2, 0.25) is 0 Å². The van der Waals surface area contributed by atoms with Crippen molar-refractivity contribution in [2.45, 2.75) is 52.0 Å². The molecule has 0 saturated carbocycles. The Morgan fingerprint density at radius 1 is 1.33 bits per heavy atom. The third kappa shape index (κ3) is 3.34. The van der Waals surface area contributed by atoms with Gasteiger partial charge in [0.25, 0.3) is 0 Å². The van der Waals surface area contributed by atoms with Crippen LogP contribution in [0.15, 0.2) is 22.8 Å². The smallest absolute Gasteiger partial charge is 0.227 e. The van der Waals surface area contributed by atoms with E-state index in [0.717, 1.165) is 42.5 Å². The van der Waals surface area contributed by atoms with Crippen LogP contribution in [0.3, 0.4) is 0 Å². The minimum absolute atomic E-state index is 0.177. The Morgan fingerprint density at radius 2 is 2.04 bits per heavy atom. The van der Waals surface area contributed by atoms with Gasteiger partial charge in [-0.2, -0.15) is 0 Å². The van der Waals surface area contributed by atoms with Crippen LogP contribution in [0.5, 0.6) is 0 Å². The number of hydrogen-bond donors (Lipinski definition) is 1. The Labute approximate surface area is 144 Å². The monoisotopic (exact) mass is 328 g/mol. The molecule has 4 nitrogen and oxygen atoms in total. The molecule has 0 bridgehead atoms.